The molecule has 0 saturated heterocycles. The highest BCUT2D eigenvalue weighted by Crippen LogP contribution is 2.32. The zero-order valence-corrected chi connectivity index (χ0v) is 11.3. The summed E-state index contributed by atoms with van der Waals surface area (Å²) < 4.78 is 10.5. The van der Waals surface area contributed by atoms with Gasteiger partial charge in [-0.25, -0.2) is 0 Å². The lowest BCUT2D eigenvalue weighted by Gasteiger charge is -2.04. The molecular formula is C16H14N2O3. The minimum Gasteiger partial charge on any atom is -0.454 e. The maximum Gasteiger partial charge on any atom is 0.244 e. The summed E-state index contributed by atoms with van der Waals surface area (Å²) in [6.07, 6.45) is 6.60. The fourth-order valence-corrected chi connectivity index (χ4v) is 1.95. The van der Waals surface area contributed by atoms with Crippen LogP contribution in [0.1, 0.15) is 11.1 Å². The first-order chi connectivity index (χ1) is 10.3. The largest absolute Gasteiger partial charge is 0.454 e. The van der Waals surface area contributed by atoms with Gasteiger partial charge in [0.05, 0.1) is 0 Å². The number of hydrogen-bond donors (Lipinski definition) is 1. The molecule has 1 amide bonds. The average molecular weight is 282 g/mol. The maximum atomic E-state index is 11.7. The van der Waals surface area contributed by atoms with Crippen LogP contribution >= 0.6 is 0 Å². The van der Waals surface area contributed by atoms with Gasteiger partial charge in [-0.1, -0.05) is 12.1 Å². The molecule has 3 rings (SSSR count). The van der Waals surface area contributed by atoms with E-state index in [1.165, 1.54) is 6.08 Å². The van der Waals surface area contributed by atoms with Gasteiger partial charge in [-0.2, -0.15) is 0 Å². The second-order valence-electron chi connectivity index (χ2n) is 4.53. The van der Waals surface area contributed by atoms with Crippen molar-refractivity contribution in [3.05, 3.63) is 59.9 Å². The van der Waals surface area contributed by atoms with E-state index in [0.717, 1.165) is 16.9 Å². The van der Waals surface area contributed by atoms with Crippen molar-refractivity contribution in [1.29, 1.82) is 0 Å². The van der Waals surface area contributed by atoms with Gasteiger partial charge >= 0.3 is 0 Å². The molecule has 0 unspecified atom stereocenters. The summed E-state index contributed by atoms with van der Waals surface area (Å²) in [7, 11) is 0. The Morgan fingerprint density at radius 1 is 1.29 bits per heavy atom. The molecule has 0 spiro atoms. The van der Waals surface area contributed by atoms with E-state index in [0.29, 0.717) is 12.3 Å². The summed E-state index contributed by atoms with van der Waals surface area (Å²) in [6.45, 7) is 0.686. The number of carbonyl (C=O) groups excluding carboxylic acids is 1. The third-order valence-corrected chi connectivity index (χ3v) is 3.02. The standard InChI is InChI=1S/C16H14N2O3/c19-16(6-4-12-2-1-7-17-9-12)18-10-13-3-5-14-15(8-13)21-11-20-14/h1-9H,10-11H2,(H,18,19). The quantitative estimate of drug-likeness (QED) is 0.873. The average Bonchev–Trinajstić information content (AvgIpc) is 2.99. The number of pyridine rings is 1. The number of benzene rings is 1. The molecule has 1 aliphatic heterocycles. The van der Waals surface area contributed by atoms with E-state index in [2.05, 4.69) is 10.3 Å². The van der Waals surface area contributed by atoms with Crippen LogP contribution in [0.15, 0.2) is 48.8 Å². The molecule has 2 aromatic rings. The van der Waals surface area contributed by atoms with E-state index in [-0.39, 0.29) is 12.7 Å². The number of amides is 1. The smallest absolute Gasteiger partial charge is 0.244 e. The Morgan fingerprint density at radius 3 is 3.05 bits per heavy atom. The second kappa shape index (κ2) is 6.09. The van der Waals surface area contributed by atoms with Crippen molar-refractivity contribution in [2.45, 2.75) is 6.54 Å². The Kier molecular flexibility index (Phi) is 3.82. The molecule has 2 heterocycles. The molecule has 1 aliphatic rings. The highest BCUT2D eigenvalue weighted by molar-refractivity contribution is 5.91. The molecule has 106 valence electrons. The number of hydrogen-bond acceptors (Lipinski definition) is 4. The van der Waals surface area contributed by atoms with Gasteiger partial charge in [-0.15, -0.1) is 0 Å². The van der Waals surface area contributed by atoms with Gasteiger partial charge < -0.3 is 14.8 Å². The molecule has 1 aromatic heterocycles. The van der Waals surface area contributed by atoms with Gasteiger partial charge in [0.2, 0.25) is 12.7 Å². The SMILES string of the molecule is O=C(C=Cc1cccnc1)NCc1ccc2c(c1)OCO2. The van der Waals surface area contributed by atoms with Gasteiger partial charge in [0.1, 0.15) is 0 Å². The first-order valence-electron chi connectivity index (χ1n) is 6.56. The molecule has 0 aliphatic carbocycles. The van der Waals surface area contributed by atoms with Crippen molar-refractivity contribution in [3.8, 4) is 11.5 Å². The topological polar surface area (TPSA) is 60.5 Å². The van der Waals surface area contributed by atoms with Crippen LogP contribution in [-0.2, 0) is 11.3 Å². The van der Waals surface area contributed by atoms with Crippen molar-refractivity contribution in [3.63, 3.8) is 0 Å². The van der Waals surface area contributed by atoms with Crippen molar-refractivity contribution in [1.82, 2.24) is 10.3 Å². The zero-order valence-electron chi connectivity index (χ0n) is 11.3. The molecule has 0 saturated carbocycles. The second-order valence-corrected chi connectivity index (χ2v) is 4.53. The summed E-state index contributed by atoms with van der Waals surface area (Å²) in [5, 5.41) is 2.82. The minimum atomic E-state index is -0.156. The predicted octanol–water partition coefficient (Wildman–Crippen LogP) is 2.14. The molecule has 1 N–H and O–H groups in total. The van der Waals surface area contributed by atoms with Crippen molar-refractivity contribution in [2.75, 3.05) is 6.79 Å². The van der Waals surface area contributed by atoms with Crippen LogP contribution in [0.3, 0.4) is 0 Å². The Morgan fingerprint density at radius 2 is 2.19 bits per heavy atom. The van der Waals surface area contributed by atoms with Crippen LogP contribution in [0.25, 0.3) is 6.08 Å². The summed E-state index contributed by atoms with van der Waals surface area (Å²) in [6, 6.07) is 9.32. The third-order valence-electron chi connectivity index (χ3n) is 3.02. The number of fused-ring (bicyclic) bond motifs is 1. The number of nitrogens with zero attached hydrogens (tertiary/aromatic N) is 1. The molecule has 0 bridgehead atoms. The Balaban J connectivity index is 1.55. The Labute approximate surface area is 122 Å². The number of aromatic nitrogens is 1. The van der Waals surface area contributed by atoms with Crippen molar-refractivity contribution < 1.29 is 14.3 Å². The van der Waals surface area contributed by atoms with E-state index >= 15 is 0 Å². The highest BCUT2D eigenvalue weighted by Gasteiger charge is 2.13. The zero-order chi connectivity index (χ0) is 14.5. The van der Waals surface area contributed by atoms with Crippen molar-refractivity contribution in [2.24, 2.45) is 0 Å². The molecule has 1 aromatic carbocycles. The van der Waals surface area contributed by atoms with Crippen molar-refractivity contribution >= 4 is 12.0 Å². The molecule has 5 nitrogen and oxygen atoms in total. The van der Waals surface area contributed by atoms with Crippen LogP contribution in [0, 0.1) is 0 Å². The maximum absolute atomic E-state index is 11.7. The summed E-state index contributed by atoms with van der Waals surface area (Å²) in [4.78, 5) is 15.7. The van der Waals surface area contributed by atoms with Gasteiger partial charge in [0.25, 0.3) is 0 Å². The van der Waals surface area contributed by atoms with Gasteiger partial charge in [0, 0.05) is 25.0 Å². The van der Waals surface area contributed by atoms with E-state index in [9.17, 15) is 4.79 Å². The van der Waals surface area contributed by atoms with Gasteiger partial charge in [0.15, 0.2) is 11.5 Å². The first kappa shape index (κ1) is 13.2. The van der Waals surface area contributed by atoms with E-state index in [1.54, 1.807) is 18.5 Å². The Bertz CT molecular complexity index is 668. The van der Waals surface area contributed by atoms with Crippen LogP contribution in [0.4, 0.5) is 0 Å². The fraction of sp³-hybridized carbons (Fsp3) is 0.125. The van der Waals surface area contributed by atoms with Crippen LogP contribution in [-0.4, -0.2) is 17.7 Å². The first-order valence-corrected chi connectivity index (χ1v) is 6.56. The Hall–Kier alpha value is -2.82. The fourth-order valence-electron chi connectivity index (χ4n) is 1.95. The van der Waals surface area contributed by atoms with E-state index in [4.69, 9.17) is 9.47 Å². The minimum absolute atomic E-state index is 0.156. The predicted molar refractivity (Wildman–Crippen MR) is 77.7 cm³/mol. The molecular weight excluding hydrogens is 268 g/mol. The van der Waals surface area contributed by atoms with Gasteiger partial charge in [-0.05, 0) is 35.4 Å². The highest BCUT2D eigenvalue weighted by atomic mass is 16.7. The number of rotatable bonds is 4. The van der Waals surface area contributed by atoms with Crippen LogP contribution in [0.5, 0.6) is 11.5 Å². The molecule has 0 atom stereocenters. The number of carbonyl (C=O) groups is 1. The number of ether oxygens (including phenoxy) is 2. The third kappa shape index (κ3) is 3.39. The lowest BCUT2D eigenvalue weighted by atomic mass is 10.2. The van der Waals surface area contributed by atoms with Crippen LogP contribution < -0.4 is 14.8 Å². The number of nitrogens with one attached hydrogen (secondary N) is 1. The lowest BCUT2D eigenvalue weighted by molar-refractivity contribution is -0.116. The van der Waals surface area contributed by atoms with E-state index in [1.807, 2.05) is 30.3 Å². The summed E-state index contributed by atoms with van der Waals surface area (Å²) in [5.74, 6) is 1.30. The monoisotopic (exact) mass is 282 g/mol. The molecule has 0 fully saturated rings. The summed E-state index contributed by atoms with van der Waals surface area (Å²) in [5.41, 5.74) is 1.85. The van der Waals surface area contributed by atoms with Crippen LogP contribution in [0.2, 0.25) is 0 Å². The molecule has 0 radical (unpaired) electrons. The lowest BCUT2D eigenvalue weighted by Crippen LogP contribution is -2.20. The summed E-state index contributed by atoms with van der Waals surface area (Å²) >= 11 is 0. The molecule has 21 heavy (non-hydrogen) atoms. The van der Waals surface area contributed by atoms with E-state index < -0.39 is 0 Å². The molecule has 5 heteroatoms. The van der Waals surface area contributed by atoms with Gasteiger partial charge in [-0.3, -0.25) is 9.78 Å². The normalized spacial score (nSPS) is 12.6.